The summed E-state index contributed by atoms with van der Waals surface area (Å²) < 4.78 is 36.0. The van der Waals surface area contributed by atoms with Crippen LogP contribution in [0, 0.1) is 5.41 Å². The molecule has 2 saturated heterocycles. The fourth-order valence-corrected chi connectivity index (χ4v) is 8.25. The summed E-state index contributed by atoms with van der Waals surface area (Å²) in [6, 6.07) is 9.25. The Labute approximate surface area is 188 Å². The van der Waals surface area contributed by atoms with Crippen LogP contribution < -0.4 is 5.32 Å². The van der Waals surface area contributed by atoms with Gasteiger partial charge in [0.25, 0.3) is 0 Å². The van der Waals surface area contributed by atoms with E-state index in [2.05, 4.69) is 10.3 Å². The number of amidine groups is 1. The van der Waals surface area contributed by atoms with Gasteiger partial charge in [0.05, 0.1) is 29.2 Å². The van der Waals surface area contributed by atoms with Crippen molar-refractivity contribution < 1.29 is 17.6 Å². The molecule has 0 aliphatic carbocycles. The fraction of sp³-hybridized carbons (Fsp3) is 0.333. The maximum absolute atomic E-state index is 13.3. The van der Waals surface area contributed by atoms with Crippen LogP contribution in [-0.2, 0) is 20.1 Å². The Morgan fingerprint density at radius 2 is 2.16 bits per heavy atom. The Balaban J connectivity index is 1.52. The van der Waals surface area contributed by atoms with E-state index in [1.807, 2.05) is 24.3 Å². The molecule has 0 saturated carbocycles. The first-order valence-corrected chi connectivity index (χ1v) is 12.6. The Morgan fingerprint density at radius 1 is 1.32 bits per heavy atom. The van der Waals surface area contributed by atoms with Crippen LogP contribution in [0.1, 0.15) is 18.2 Å². The van der Waals surface area contributed by atoms with Gasteiger partial charge in [-0.15, -0.1) is 11.3 Å². The minimum Gasteiger partial charge on any atom is -0.463 e. The molecule has 5 rings (SSSR count). The van der Waals surface area contributed by atoms with Gasteiger partial charge in [0.1, 0.15) is 11.5 Å². The number of aromatic nitrogens is 1. The van der Waals surface area contributed by atoms with Gasteiger partial charge in [0.15, 0.2) is 20.3 Å². The molecule has 0 bridgehead atoms. The van der Waals surface area contributed by atoms with Crippen LogP contribution in [0.4, 0.5) is 0 Å². The van der Waals surface area contributed by atoms with Crippen molar-refractivity contribution in [2.24, 2.45) is 0 Å². The van der Waals surface area contributed by atoms with Crippen molar-refractivity contribution in [3.8, 4) is 21.9 Å². The molecule has 5 heterocycles. The fourth-order valence-electron chi connectivity index (χ4n) is 4.24. The monoisotopic (exact) mass is 477 g/mol. The molecule has 31 heavy (non-hydrogen) atoms. The first-order chi connectivity index (χ1) is 14.7. The maximum Gasteiger partial charge on any atom is 0.168 e. The number of hydrogen-bond donors (Lipinski definition) is 2. The maximum atomic E-state index is 13.3. The Kier molecular flexibility index (Phi) is 4.78. The van der Waals surface area contributed by atoms with Crippen molar-refractivity contribution in [3.05, 3.63) is 52.7 Å². The first-order valence-electron chi connectivity index (χ1n) is 9.72. The lowest BCUT2D eigenvalue weighted by Crippen LogP contribution is -2.66. The number of nitrogens with zero attached hydrogens (tertiary/aromatic N) is 1. The minimum atomic E-state index is -3.62. The average Bonchev–Trinajstić information content (AvgIpc) is 3.47. The van der Waals surface area contributed by atoms with Crippen LogP contribution in [0.25, 0.3) is 21.9 Å². The van der Waals surface area contributed by atoms with Crippen molar-refractivity contribution in [1.82, 2.24) is 10.3 Å². The highest BCUT2D eigenvalue weighted by molar-refractivity contribution is 7.93. The second-order valence-electron chi connectivity index (χ2n) is 8.08. The van der Waals surface area contributed by atoms with E-state index in [0.29, 0.717) is 34.4 Å². The van der Waals surface area contributed by atoms with Crippen molar-refractivity contribution in [3.63, 3.8) is 0 Å². The van der Waals surface area contributed by atoms with E-state index in [9.17, 15) is 8.42 Å². The molecule has 0 amide bonds. The van der Waals surface area contributed by atoms with E-state index in [-0.39, 0.29) is 18.2 Å². The third-order valence-electron chi connectivity index (χ3n) is 5.92. The number of sulfone groups is 1. The molecule has 3 aromatic heterocycles. The summed E-state index contributed by atoms with van der Waals surface area (Å²) in [5.74, 6) is 0.488. The average molecular weight is 478 g/mol. The van der Waals surface area contributed by atoms with Crippen LogP contribution in [0.5, 0.6) is 0 Å². The van der Waals surface area contributed by atoms with E-state index in [4.69, 9.17) is 26.2 Å². The molecule has 2 aliphatic heterocycles. The number of halogens is 1. The van der Waals surface area contributed by atoms with Gasteiger partial charge >= 0.3 is 0 Å². The molecule has 10 heteroatoms. The molecule has 0 radical (unpaired) electrons. The highest BCUT2D eigenvalue weighted by atomic mass is 35.5. The van der Waals surface area contributed by atoms with Gasteiger partial charge < -0.3 is 14.5 Å². The molecular formula is C21H20ClN3O4S2. The van der Waals surface area contributed by atoms with Crippen molar-refractivity contribution in [2.45, 2.75) is 23.6 Å². The molecule has 7 nitrogen and oxygen atoms in total. The standard InChI is InChI=1S/C21H20ClN3O4S2/c1-20(12-31(26,27)21(19(23)25-20)5-8-28-11-21)18-14(22)10-17(30-18)13-4-6-24-15(9-13)16-3-2-7-29-16/h2-4,6-7,9-10H,5,8,11-12H2,1H3,(H2,23,25)/t20-,21-/m0/s1. The lowest BCUT2D eigenvalue weighted by Gasteiger charge is -2.43. The molecular weight excluding hydrogens is 458 g/mol. The van der Waals surface area contributed by atoms with Gasteiger partial charge in [-0.1, -0.05) is 11.6 Å². The van der Waals surface area contributed by atoms with Crippen molar-refractivity contribution in [1.29, 1.82) is 5.41 Å². The number of ether oxygens (including phenoxy) is 1. The summed E-state index contributed by atoms with van der Waals surface area (Å²) in [5, 5.41) is 12.1. The molecule has 2 atom stereocenters. The number of thiophene rings is 1. The summed E-state index contributed by atoms with van der Waals surface area (Å²) >= 11 is 8.01. The van der Waals surface area contributed by atoms with E-state index in [0.717, 1.165) is 10.4 Å². The lowest BCUT2D eigenvalue weighted by molar-refractivity contribution is 0.193. The summed E-state index contributed by atoms with van der Waals surface area (Å²) in [7, 11) is -3.62. The molecule has 2 N–H and O–H groups in total. The normalized spacial score (nSPS) is 27.5. The smallest absolute Gasteiger partial charge is 0.168 e. The first kappa shape index (κ1) is 20.7. The lowest BCUT2D eigenvalue weighted by atomic mass is 9.98. The Bertz CT molecular complexity index is 1260. The third-order valence-corrected chi connectivity index (χ3v) is 10.5. The van der Waals surface area contributed by atoms with Crippen LogP contribution >= 0.6 is 22.9 Å². The van der Waals surface area contributed by atoms with Crippen molar-refractivity contribution in [2.75, 3.05) is 19.0 Å². The summed E-state index contributed by atoms with van der Waals surface area (Å²) in [6.45, 7) is 2.14. The van der Waals surface area contributed by atoms with Crippen LogP contribution in [0.15, 0.2) is 47.2 Å². The van der Waals surface area contributed by atoms with Crippen LogP contribution in [-0.4, -0.2) is 43.0 Å². The zero-order chi connectivity index (χ0) is 21.9. The largest absolute Gasteiger partial charge is 0.463 e. The Morgan fingerprint density at radius 3 is 2.84 bits per heavy atom. The highest BCUT2D eigenvalue weighted by Crippen LogP contribution is 2.45. The zero-order valence-electron chi connectivity index (χ0n) is 16.6. The minimum absolute atomic E-state index is 0.0196. The van der Waals surface area contributed by atoms with E-state index < -0.39 is 20.1 Å². The summed E-state index contributed by atoms with van der Waals surface area (Å²) in [5.41, 5.74) is 0.598. The Hall–Kier alpha value is -2.20. The second-order valence-corrected chi connectivity index (χ2v) is 11.8. The molecule has 3 aromatic rings. The van der Waals surface area contributed by atoms with Gasteiger partial charge in [-0.3, -0.25) is 10.4 Å². The van der Waals surface area contributed by atoms with E-state index in [1.54, 1.807) is 25.5 Å². The topological polar surface area (TPSA) is 105 Å². The predicted molar refractivity (Wildman–Crippen MR) is 120 cm³/mol. The molecule has 2 fully saturated rings. The zero-order valence-corrected chi connectivity index (χ0v) is 19.0. The molecule has 0 aromatic carbocycles. The number of pyridine rings is 1. The van der Waals surface area contributed by atoms with Gasteiger partial charge in [0, 0.05) is 22.6 Å². The van der Waals surface area contributed by atoms with Gasteiger partial charge in [0.2, 0.25) is 0 Å². The summed E-state index contributed by atoms with van der Waals surface area (Å²) in [4.78, 5) is 5.92. The van der Waals surface area contributed by atoms with Gasteiger partial charge in [-0.05, 0) is 49.2 Å². The molecule has 1 spiro atoms. The predicted octanol–water partition coefficient (Wildman–Crippen LogP) is 4.09. The van der Waals surface area contributed by atoms with Gasteiger partial charge in [-0.2, -0.15) is 0 Å². The molecule has 0 unspecified atom stereocenters. The third kappa shape index (κ3) is 3.22. The van der Waals surface area contributed by atoms with Gasteiger partial charge in [-0.25, -0.2) is 8.42 Å². The number of hydrogen-bond acceptors (Lipinski definition) is 7. The van der Waals surface area contributed by atoms with Crippen LogP contribution in [0.2, 0.25) is 5.02 Å². The highest BCUT2D eigenvalue weighted by Gasteiger charge is 2.58. The number of furan rings is 1. The van der Waals surface area contributed by atoms with Crippen LogP contribution in [0.3, 0.4) is 0 Å². The number of nitrogens with one attached hydrogen (secondary N) is 2. The SMILES string of the molecule is C[C@@]1(c2sc(-c3ccnc(-c4ccco4)c3)cc2Cl)CS(=O)(=O)[C@]2(CCOC2)C(=N)N1. The van der Waals surface area contributed by atoms with E-state index >= 15 is 0 Å². The number of rotatable bonds is 3. The molecule has 162 valence electrons. The second kappa shape index (κ2) is 7.16. The van der Waals surface area contributed by atoms with Crippen molar-refractivity contribution >= 4 is 38.6 Å². The molecule has 2 aliphatic rings. The quantitative estimate of drug-likeness (QED) is 0.588. The summed E-state index contributed by atoms with van der Waals surface area (Å²) in [6.07, 6.45) is 3.59. The van der Waals surface area contributed by atoms with E-state index in [1.165, 1.54) is 11.3 Å².